The lowest BCUT2D eigenvalue weighted by Crippen LogP contribution is -2.17. The van der Waals surface area contributed by atoms with Gasteiger partial charge in [-0.2, -0.15) is 0 Å². The molecule has 0 amide bonds. The molecule has 0 radical (unpaired) electrons. The second kappa shape index (κ2) is 6.23. The number of benzene rings is 2. The summed E-state index contributed by atoms with van der Waals surface area (Å²) in [6.45, 7) is 0. The van der Waals surface area contributed by atoms with Gasteiger partial charge in [0.2, 0.25) is 0 Å². The third kappa shape index (κ3) is 2.94. The van der Waals surface area contributed by atoms with Crippen LogP contribution in [0.5, 0.6) is 0 Å². The number of hydrogen-bond acceptors (Lipinski definition) is 1. The summed E-state index contributed by atoms with van der Waals surface area (Å²) in [5.74, 6) is 0. The fourth-order valence-electron chi connectivity index (χ4n) is 3.25. The minimum absolute atomic E-state index is 0.449. The highest BCUT2D eigenvalue weighted by Gasteiger charge is 2.12. The molecule has 0 spiro atoms. The van der Waals surface area contributed by atoms with Gasteiger partial charge in [-0.1, -0.05) is 48.5 Å². The summed E-state index contributed by atoms with van der Waals surface area (Å²) in [6, 6.07) is 18.3. The molecule has 0 heterocycles. The summed E-state index contributed by atoms with van der Waals surface area (Å²) in [5.41, 5.74) is 6.03. The molecule has 0 bridgehead atoms. The van der Waals surface area contributed by atoms with Crippen molar-refractivity contribution in [3.63, 3.8) is 0 Å². The summed E-state index contributed by atoms with van der Waals surface area (Å²) in [4.78, 5) is 0. The van der Waals surface area contributed by atoms with E-state index < -0.39 is 0 Å². The molecule has 1 atom stereocenters. The SMILES string of the molecule is CNC(CCc1ccc2c(c1)CCC2)c1ccccc1. The van der Waals surface area contributed by atoms with Crippen molar-refractivity contribution in [2.75, 3.05) is 7.05 Å². The molecule has 1 heteroatoms. The van der Waals surface area contributed by atoms with Gasteiger partial charge in [0.1, 0.15) is 0 Å². The van der Waals surface area contributed by atoms with Crippen LogP contribution >= 0.6 is 0 Å². The van der Waals surface area contributed by atoms with E-state index in [-0.39, 0.29) is 0 Å². The van der Waals surface area contributed by atoms with Crippen LogP contribution in [0.25, 0.3) is 0 Å². The molecule has 1 N–H and O–H groups in total. The highest BCUT2D eigenvalue weighted by molar-refractivity contribution is 5.35. The molecule has 0 saturated heterocycles. The largest absolute Gasteiger partial charge is 0.313 e. The molecule has 20 heavy (non-hydrogen) atoms. The molecule has 0 fully saturated rings. The molecule has 1 unspecified atom stereocenters. The molecule has 1 aliphatic carbocycles. The van der Waals surface area contributed by atoms with Crippen molar-refractivity contribution in [1.82, 2.24) is 5.32 Å². The van der Waals surface area contributed by atoms with E-state index >= 15 is 0 Å². The summed E-state index contributed by atoms with van der Waals surface area (Å²) in [7, 11) is 2.06. The van der Waals surface area contributed by atoms with Crippen LogP contribution < -0.4 is 5.32 Å². The number of hydrogen-bond donors (Lipinski definition) is 1. The normalized spacial score (nSPS) is 15.1. The molecule has 1 aliphatic rings. The van der Waals surface area contributed by atoms with Gasteiger partial charge in [0, 0.05) is 6.04 Å². The zero-order valence-corrected chi connectivity index (χ0v) is 12.2. The van der Waals surface area contributed by atoms with Crippen LogP contribution in [0.3, 0.4) is 0 Å². The average Bonchev–Trinajstić information content (AvgIpc) is 2.96. The Morgan fingerprint density at radius 3 is 2.60 bits per heavy atom. The van der Waals surface area contributed by atoms with Gasteiger partial charge >= 0.3 is 0 Å². The maximum atomic E-state index is 3.44. The van der Waals surface area contributed by atoms with E-state index in [1.807, 2.05) is 0 Å². The van der Waals surface area contributed by atoms with Crippen molar-refractivity contribution < 1.29 is 0 Å². The monoisotopic (exact) mass is 265 g/mol. The fraction of sp³-hybridized carbons (Fsp3) is 0.368. The molecular formula is C19H23N. The van der Waals surface area contributed by atoms with Crippen LogP contribution in [0.15, 0.2) is 48.5 Å². The number of rotatable bonds is 5. The first-order valence-electron chi connectivity index (χ1n) is 7.69. The maximum Gasteiger partial charge on any atom is 0.0320 e. The first-order valence-corrected chi connectivity index (χ1v) is 7.69. The van der Waals surface area contributed by atoms with E-state index in [1.54, 1.807) is 11.1 Å². The first kappa shape index (κ1) is 13.4. The van der Waals surface area contributed by atoms with Crippen LogP contribution in [0.2, 0.25) is 0 Å². The predicted octanol–water partition coefficient (Wildman–Crippen LogP) is 4.07. The van der Waals surface area contributed by atoms with Crippen molar-refractivity contribution in [2.24, 2.45) is 0 Å². The van der Waals surface area contributed by atoms with Gasteiger partial charge in [0.05, 0.1) is 0 Å². The lowest BCUT2D eigenvalue weighted by molar-refractivity contribution is 0.549. The molecule has 1 nitrogen and oxygen atoms in total. The van der Waals surface area contributed by atoms with Crippen LogP contribution in [0, 0.1) is 0 Å². The summed E-state index contributed by atoms with van der Waals surface area (Å²) < 4.78 is 0. The van der Waals surface area contributed by atoms with Gasteiger partial charge in [-0.05, 0) is 61.4 Å². The van der Waals surface area contributed by atoms with E-state index in [0.29, 0.717) is 6.04 Å². The smallest absolute Gasteiger partial charge is 0.0320 e. The highest BCUT2D eigenvalue weighted by atomic mass is 14.9. The highest BCUT2D eigenvalue weighted by Crippen LogP contribution is 2.25. The summed E-state index contributed by atoms with van der Waals surface area (Å²) in [6.07, 6.45) is 6.19. The lowest BCUT2D eigenvalue weighted by Gasteiger charge is -2.17. The van der Waals surface area contributed by atoms with Crippen LogP contribution in [0.1, 0.15) is 41.1 Å². The third-order valence-corrected chi connectivity index (χ3v) is 4.43. The van der Waals surface area contributed by atoms with E-state index in [9.17, 15) is 0 Å². The maximum absolute atomic E-state index is 3.44. The van der Waals surface area contributed by atoms with Crippen molar-refractivity contribution in [3.8, 4) is 0 Å². The third-order valence-electron chi connectivity index (χ3n) is 4.43. The topological polar surface area (TPSA) is 12.0 Å². The van der Waals surface area contributed by atoms with Crippen molar-refractivity contribution in [3.05, 3.63) is 70.8 Å². The van der Waals surface area contributed by atoms with Crippen molar-refractivity contribution in [1.29, 1.82) is 0 Å². The molecule has 0 saturated carbocycles. The molecule has 104 valence electrons. The minimum atomic E-state index is 0.449. The molecule has 2 aromatic rings. The Morgan fingerprint density at radius 1 is 1.00 bits per heavy atom. The van der Waals surface area contributed by atoms with E-state index in [0.717, 1.165) is 12.8 Å². The van der Waals surface area contributed by atoms with Gasteiger partial charge in [0.25, 0.3) is 0 Å². The molecule has 2 aromatic carbocycles. The predicted molar refractivity (Wildman–Crippen MR) is 85.0 cm³/mol. The molecule has 3 rings (SSSR count). The Labute approximate surface area is 122 Å². The quantitative estimate of drug-likeness (QED) is 0.859. The van der Waals surface area contributed by atoms with Crippen LogP contribution in [0.4, 0.5) is 0 Å². The zero-order chi connectivity index (χ0) is 13.8. The van der Waals surface area contributed by atoms with Crippen LogP contribution in [-0.4, -0.2) is 7.05 Å². The van der Waals surface area contributed by atoms with Gasteiger partial charge in [-0.25, -0.2) is 0 Å². The lowest BCUT2D eigenvalue weighted by atomic mass is 9.97. The van der Waals surface area contributed by atoms with E-state index in [1.165, 1.54) is 30.4 Å². The summed E-state index contributed by atoms with van der Waals surface area (Å²) in [5, 5.41) is 3.44. The van der Waals surface area contributed by atoms with E-state index in [4.69, 9.17) is 0 Å². The Hall–Kier alpha value is -1.60. The zero-order valence-electron chi connectivity index (χ0n) is 12.2. The Balaban J connectivity index is 1.66. The van der Waals surface area contributed by atoms with Gasteiger partial charge in [-0.15, -0.1) is 0 Å². The van der Waals surface area contributed by atoms with Crippen LogP contribution in [-0.2, 0) is 19.3 Å². The fourth-order valence-corrected chi connectivity index (χ4v) is 3.25. The van der Waals surface area contributed by atoms with Crippen molar-refractivity contribution in [2.45, 2.75) is 38.1 Å². The Bertz CT molecular complexity index is 559. The second-order valence-electron chi connectivity index (χ2n) is 5.75. The Morgan fingerprint density at radius 2 is 1.80 bits per heavy atom. The van der Waals surface area contributed by atoms with E-state index in [2.05, 4.69) is 60.9 Å². The van der Waals surface area contributed by atoms with Gasteiger partial charge in [-0.3, -0.25) is 0 Å². The first-order chi connectivity index (χ1) is 9.86. The van der Waals surface area contributed by atoms with Gasteiger partial charge in [0.15, 0.2) is 0 Å². The number of aryl methyl sites for hydroxylation is 3. The summed E-state index contributed by atoms with van der Waals surface area (Å²) >= 11 is 0. The number of nitrogens with one attached hydrogen (secondary N) is 1. The van der Waals surface area contributed by atoms with Crippen molar-refractivity contribution >= 4 is 0 Å². The standard InChI is InChI=1S/C19H23N/c1-20-19(17-6-3-2-4-7-17)13-11-15-10-12-16-8-5-9-18(16)14-15/h2-4,6-7,10,12,14,19-20H,5,8-9,11,13H2,1H3. The van der Waals surface area contributed by atoms with Gasteiger partial charge < -0.3 is 5.32 Å². The molecule has 0 aliphatic heterocycles. The Kier molecular flexibility index (Phi) is 4.17. The average molecular weight is 265 g/mol. The minimum Gasteiger partial charge on any atom is -0.313 e. The molecular weight excluding hydrogens is 242 g/mol. The second-order valence-corrected chi connectivity index (χ2v) is 5.75. The molecule has 0 aromatic heterocycles. The number of fused-ring (bicyclic) bond motifs is 1.